The summed E-state index contributed by atoms with van der Waals surface area (Å²) in [6.45, 7) is 2.17. The number of nitrogens with zero attached hydrogens (tertiary/aromatic N) is 1. The summed E-state index contributed by atoms with van der Waals surface area (Å²) in [5, 5.41) is 3.88. The number of esters is 1. The van der Waals surface area contributed by atoms with Gasteiger partial charge in [-0.15, -0.1) is 11.8 Å². The predicted molar refractivity (Wildman–Crippen MR) is 151 cm³/mol. The molecule has 2 aromatic carbocycles. The first-order valence-corrected chi connectivity index (χ1v) is 14.6. The van der Waals surface area contributed by atoms with Gasteiger partial charge in [-0.25, -0.2) is 9.59 Å². The zero-order valence-electron chi connectivity index (χ0n) is 21.9. The van der Waals surface area contributed by atoms with Crippen LogP contribution in [0.1, 0.15) is 43.7 Å². The van der Waals surface area contributed by atoms with Gasteiger partial charge in [-0.2, -0.15) is 0 Å². The van der Waals surface area contributed by atoms with Gasteiger partial charge in [0.25, 0.3) is 0 Å². The molecule has 2 fully saturated rings. The van der Waals surface area contributed by atoms with Gasteiger partial charge in [-0.05, 0) is 49.6 Å². The van der Waals surface area contributed by atoms with Crippen LogP contribution in [0, 0.1) is 0 Å². The third kappa shape index (κ3) is 6.76. The Kier molecular flexibility index (Phi) is 9.91. The van der Waals surface area contributed by atoms with Crippen molar-refractivity contribution in [1.82, 2.24) is 10.2 Å². The Morgan fingerprint density at radius 2 is 1.77 bits per heavy atom. The molecule has 2 amide bonds. The number of hydrogen-bond acceptors (Lipinski definition) is 7. The minimum absolute atomic E-state index is 0.205. The van der Waals surface area contributed by atoms with Crippen LogP contribution in [0.25, 0.3) is 0 Å². The number of nitrogens with one attached hydrogen (secondary N) is 1. The van der Waals surface area contributed by atoms with Gasteiger partial charge in [0.1, 0.15) is 24.4 Å². The number of carbonyl (C=O) groups is 3. The van der Waals surface area contributed by atoms with E-state index in [1.165, 1.54) is 7.11 Å². The second-order valence-electron chi connectivity index (χ2n) is 9.47. The first kappa shape index (κ1) is 29.4. The number of hydrogen-bond donors (Lipinski definition) is 1. The van der Waals surface area contributed by atoms with Crippen LogP contribution in [-0.4, -0.2) is 59.3 Å². The van der Waals surface area contributed by atoms with E-state index in [2.05, 4.69) is 5.32 Å². The highest BCUT2D eigenvalue weighted by atomic mass is 35.5. The molecule has 0 unspecified atom stereocenters. The summed E-state index contributed by atoms with van der Waals surface area (Å²) in [4.78, 5) is 40.1. The van der Waals surface area contributed by atoms with Crippen molar-refractivity contribution in [2.24, 2.45) is 0 Å². The molecular weight excluding hydrogens is 563 g/mol. The van der Waals surface area contributed by atoms with Crippen LogP contribution in [0.4, 0.5) is 4.79 Å². The molecule has 1 N–H and O–H groups in total. The minimum Gasteiger partial charge on any atom is -0.489 e. The van der Waals surface area contributed by atoms with Crippen molar-refractivity contribution in [3.63, 3.8) is 0 Å². The Labute approximate surface area is 242 Å². The normalized spacial score (nSPS) is 18.6. The number of methoxy groups -OCH3 is 1. The molecule has 2 aliphatic rings. The van der Waals surface area contributed by atoms with Gasteiger partial charge in [-0.1, -0.05) is 54.2 Å². The highest BCUT2D eigenvalue weighted by molar-refractivity contribution is 8.01. The van der Waals surface area contributed by atoms with Crippen LogP contribution < -0.4 is 10.1 Å². The van der Waals surface area contributed by atoms with Crippen LogP contribution >= 0.6 is 35.0 Å². The second kappa shape index (κ2) is 13.2. The monoisotopic (exact) mass is 594 g/mol. The largest absolute Gasteiger partial charge is 0.489 e. The van der Waals surface area contributed by atoms with Crippen LogP contribution in [-0.2, 0) is 32.1 Å². The van der Waals surface area contributed by atoms with Crippen molar-refractivity contribution in [2.75, 3.05) is 19.5 Å². The lowest BCUT2D eigenvalue weighted by Crippen LogP contribution is -2.56. The van der Waals surface area contributed by atoms with E-state index >= 15 is 0 Å². The van der Waals surface area contributed by atoms with Gasteiger partial charge in [0, 0.05) is 27.8 Å². The fraction of sp³-hybridized carbons (Fsp3) is 0.464. The summed E-state index contributed by atoms with van der Waals surface area (Å²) in [6, 6.07) is 10.8. The number of carbonyl (C=O) groups excluding carboxylic acids is 3. The molecule has 2 aromatic rings. The van der Waals surface area contributed by atoms with Crippen molar-refractivity contribution in [3.05, 3.63) is 63.6 Å². The van der Waals surface area contributed by atoms with E-state index < -0.39 is 34.9 Å². The lowest BCUT2D eigenvalue weighted by Gasteiger charge is -2.36. The summed E-state index contributed by atoms with van der Waals surface area (Å²) in [6.07, 6.45) is 3.34. The molecule has 0 bridgehead atoms. The first-order valence-electron chi connectivity index (χ1n) is 12.9. The lowest BCUT2D eigenvalue weighted by molar-refractivity contribution is -0.145. The zero-order chi connectivity index (χ0) is 28.0. The van der Waals surface area contributed by atoms with Gasteiger partial charge in [0.05, 0.1) is 18.6 Å². The van der Waals surface area contributed by atoms with E-state index in [0.717, 1.165) is 31.2 Å². The Hall–Kier alpha value is -2.62. The maximum atomic E-state index is 13.4. The van der Waals surface area contributed by atoms with Gasteiger partial charge < -0.3 is 19.5 Å². The molecule has 1 heterocycles. The smallest absolute Gasteiger partial charge is 0.411 e. The fourth-order valence-corrected chi connectivity index (χ4v) is 7.23. The zero-order valence-corrected chi connectivity index (χ0v) is 24.2. The number of halogens is 2. The highest BCUT2D eigenvalue weighted by Crippen LogP contribution is 2.50. The maximum absolute atomic E-state index is 13.4. The molecule has 4 rings (SSSR count). The highest BCUT2D eigenvalue weighted by Gasteiger charge is 2.54. The summed E-state index contributed by atoms with van der Waals surface area (Å²) in [5.41, 5.74) is 1.49. The molecule has 1 aliphatic carbocycles. The van der Waals surface area contributed by atoms with Crippen molar-refractivity contribution >= 4 is 52.9 Å². The number of rotatable bonds is 9. The van der Waals surface area contributed by atoms with Crippen LogP contribution in [0.2, 0.25) is 10.0 Å². The van der Waals surface area contributed by atoms with E-state index in [9.17, 15) is 14.4 Å². The van der Waals surface area contributed by atoms with Crippen LogP contribution in [0.15, 0.2) is 42.5 Å². The third-order valence-electron chi connectivity index (χ3n) is 7.02. The molecule has 8 nitrogen and oxygen atoms in total. The van der Waals surface area contributed by atoms with Crippen molar-refractivity contribution in [2.45, 2.75) is 62.6 Å². The molecule has 39 heavy (non-hydrogen) atoms. The molecule has 1 aliphatic heterocycles. The summed E-state index contributed by atoms with van der Waals surface area (Å²) < 4.78 is 16.1. The molecule has 1 saturated heterocycles. The molecular formula is C28H32Cl2N2O6S. The first-order chi connectivity index (χ1) is 18.8. The summed E-state index contributed by atoms with van der Waals surface area (Å²) in [7, 11) is 1.28. The minimum atomic E-state index is -0.926. The lowest BCUT2D eigenvalue weighted by atomic mass is 10.0. The van der Waals surface area contributed by atoms with E-state index in [4.69, 9.17) is 37.4 Å². The fourth-order valence-electron chi connectivity index (χ4n) is 5.04. The number of thioether (sulfide) groups is 1. The molecule has 2 atom stereocenters. The summed E-state index contributed by atoms with van der Waals surface area (Å²) in [5.74, 6) is 0.0792. The Morgan fingerprint density at radius 3 is 2.38 bits per heavy atom. The van der Waals surface area contributed by atoms with Gasteiger partial charge >= 0.3 is 12.1 Å². The van der Waals surface area contributed by atoms with Gasteiger partial charge in [0.2, 0.25) is 5.91 Å². The second-order valence-corrected chi connectivity index (χ2v) is 11.7. The van der Waals surface area contributed by atoms with E-state index in [1.54, 1.807) is 53.9 Å². The Morgan fingerprint density at radius 1 is 1.10 bits per heavy atom. The molecule has 1 saturated carbocycles. The van der Waals surface area contributed by atoms with Crippen molar-refractivity contribution < 1.29 is 28.6 Å². The predicted octanol–water partition coefficient (Wildman–Crippen LogP) is 5.62. The van der Waals surface area contributed by atoms with E-state index in [1.807, 2.05) is 12.1 Å². The molecule has 0 radical (unpaired) electrons. The average Bonchev–Trinajstić information content (AvgIpc) is 3.55. The third-order valence-corrected chi connectivity index (χ3v) is 9.36. The SMILES string of the molecule is CCOC(=O)N1[C@@H](C(=O)N[C@@H](Cc2ccc(OCc3c(Cl)cccc3Cl)cc2)C(=O)OC)CSC12CCCC2. The number of ether oxygens (including phenoxy) is 3. The van der Waals surface area contributed by atoms with E-state index in [0.29, 0.717) is 27.1 Å². The Bertz CT molecular complexity index is 1170. The molecule has 1 spiro atoms. The Balaban J connectivity index is 1.42. The summed E-state index contributed by atoms with van der Waals surface area (Å²) >= 11 is 14.0. The topological polar surface area (TPSA) is 94.2 Å². The van der Waals surface area contributed by atoms with E-state index in [-0.39, 0.29) is 19.6 Å². The average molecular weight is 596 g/mol. The molecule has 210 valence electrons. The molecule has 0 aromatic heterocycles. The standard InChI is InChI=1S/C28H32Cl2N2O6S/c1-3-37-27(35)32-24(17-39-28(32)13-4-5-14-28)25(33)31-23(26(34)36-2)15-18-9-11-19(12-10-18)38-16-20-21(29)7-6-8-22(20)30/h6-12,23-24H,3-5,13-17H2,1-2H3,(H,31,33)/t23-,24+/m0/s1. The maximum Gasteiger partial charge on any atom is 0.411 e. The molecule has 11 heteroatoms. The van der Waals surface area contributed by atoms with Crippen LogP contribution in [0.3, 0.4) is 0 Å². The number of benzene rings is 2. The quantitative estimate of drug-likeness (QED) is 0.377. The number of amides is 2. The van der Waals surface area contributed by atoms with Gasteiger partial charge in [-0.3, -0.25) is 9.69 Å². The van der Waals surface area contributed by atoms with Gasteiger partial charge in [0.15, 0.2) is 0 Å². The van der Waals surface area contributed by atoms with Crippen LogP contribution in [0.5, 0.6) is 5.75 Å². The van der Waals surface area contributed by atoms with Crippen molar-refractivity contribution in [3.8, 4) is 5.75 Å². The van der Waals surface area contributed by atoms with Crippen molar-refractivity contribution in [1.29, 1.82) is 0 Å².